The molecule has 0 atom stereocenters. The summed E-state index contributed by atoms with van der Waals surface area (Å²) in [5.41, 5.74) is 3.86. The van der Waals surface area contributed by atoms with Gasteiger partial charge in [0.05, 0.1) is 13.7 Å². The minimum atomic E-state index is 0.951. The zero-order chi connectivity index (χ0) is 14.5. The highest BCUT2D eigenvalue weighted by Gasteiger charge is 2.05. The van der Waals surface area contributed by atoms with Gasteiger partial charge in [-0.25, -0.2) is 0 Å². The number of hydrogen-bond donors (Lipinski definition) is 2. The van der Waals surface area contributed by atoms with E-state index in [1.54, 1.807) is 7.11 Å². The molecule has 0 aliphatic rings. The molecule has 0 fully saturated rings. The van der Waals surface area contributed by atoms with E-state index in [9.17, 15) is 0 Å². The number of hydrogen-bond acceptors (Lipinski definition) is 1. The lowest BCUT2D eigenvalue weighted by atomic mass is 10.1. The van der Waals surface area contributed by atoms with Gasteiger partial charge in [-0.3, -0.25) is 0 Å². The summed E-state index contributed by atoms with van der Waals surface area (Å²) in [6.07, 6.45) is 3.20. The normalized spacial score (nSPS) is 10.9. The average Bonchev–Trinajstić information content (AvgIpc) is 2.95. The molecule has 3 rings (SSSR count). The molecule has 1 heterocycles. The Morgan fingerprint density at radius 2 is 1.81 bits per heavy atom. The Labute approximate surface area is 125 Å². The topological polar surface area (TPSA) is 41.6 Å². The molecule has 0 unspecified atom stereocenters. The maximum Gasteiger partial charge on any atom is 0.127 e. The van der Waals surface area contributed by atoms with Crippen molar-refractivity contribution in [2.24, 2.45) is 0 Å². The summed E-state index contributed by atoms with van der Waals surface area (Å²) in [6, 6.07) is 16.7. The predicted octanol–water partition coefficient (Wildman–Crippen LogP) is 2.48. The number of nitrogens with one attached hydrogen (secondary N) is 1. The third-order valence-corrected chi connectivity index (χ3v) is 3.85. The van der Waals surface area contributed by atoms with E-state index < -0.39 is 0 Å². The number of rotatable bonds is 6. The molecule has 1 aromatic heterocycles. The second-order valence-electron chi connectivity index (χ2n) is 5.20. The summed E-state index contributed by atoms with van der Waals surface area (Å²) in [5.74, 6) is 0.973. The summed E-state index contributed by atoms with van der Waals surface area (Å²) >= 11 is 0. The Hall–Kier alpha value is -2.26. The van der Waals surface area contributed by atoms with E-state index >= 15 is 0 Å². The van der Waals surface area contributed by atoms with Gasteiger partial charge in [0, 0.05) is 29.1 Å². The molecule has 3 N–H and O–H groups in total. The van der Waals surface area contributed by atoms with Gasteiger partial charge in [0.2, 0.25) is 0 Å². The molecular weight excluding hydrogens is 260 g/mol. The van der Waals surface area contributed by atoms with Crippen LogP contribution in [0.3, 0.4) is 0 Å². The summed E-state index contributed by atoms with van der Waals surface area (Å²) < 4.78 is 5.38. The van der Waals surface area contributed by atoms with Crippen LogP contribution in [0.4, 0.5) is 0 Å². The molecule has 3 heteroatoms. The molecule has 3 aromatic rings. The third-order valence-electron chi connectivity index (χ3n) is 3.85. The molecular formula is C18H21N2O+. The predicted molar refractivity (Wildman–Crippen MR) is 85.5 cm³/mol. The maximum atomic E-state index is 5.38. The Balaban J connectivity index is 1.57. The highest BCUT2D eigenvalue weighted by Crippen LogP contribution is 2.18. The van der Waals surface area contributed by atoms with E-state index in [0.29, 0.717) is 0 Å². The van der Waals surface area contributed by atoms with Crippen molar-refractivity contribution in [1.29, 1.82) is 0 Å². The van der Waals surface area contributed by atoms with Gasteiger partial charge in [-0.2, -0.15) is 0 Å². The minimum absolute atomic E-state index is 0.951. The number of para-hydroxylation sites is 2. The van der Waals surface area contributed by atoms with Gasteiger partial charge >= 0.3 is 0 Å². The monoisotopic (exact) mass is 281 g/mol. The molecule has 0 bridgehead atoms. The quantitative estimate of drug-likeness (QED) is 0.670. The van der Waals surface area contributed by atoms with Crippen molar-refractivity contribution in [1.82, 2.24) is 4.98 Å². The Bertz CT molecular complexity index is 718. The molecule has 108 valence electrons. The van der Waals surface area contributed by atoms with E-state index in [2.05, 4.69) is 52.9 Å². The SMILES string of the molecule is COc1ccccc1C[NH2+]CCc1c[nH]c2ccccc12. The van der Waals surface area contributed by atoms with Gasteiger partial charge < -0.3 is 15.0 Å². The van der Waals surface area contributed by atoms with E-state index in [1.165, 1.54) is 22.0 Å². The number of fused-ring (bicyclic) bond motifs is 1. The number of aromatic amines is 1. The molecule has 0 radical (unpaired) electrons. The molecule has 0 aliphatic carbocycles. The van der Waals surface area contributed by atoms with Gasteiger partial charge in [-0.1, -0.05) is 30.3 Å². The van der Waals surface area contributed by atoms with E-state index in [0.717, 1.165) is 25.3 Å². The van der Waals surface area contributed by atoms with Crippen LogP contribution in [0.15, 0.2) is 54.7 Å². The maximum absolute atomic E-state index is 5.38. The van der Waals surface area contributed by atoms with Crippen molar-refractivity contribution < 1.29 is 10.1 Å². The average molecular weight is 281 g/mol. The van der Waals surface area contributed by atoms with Gasteiger partial charge in [0.1, 0.15) is 12.3 Å². The van der Waals surface area contributed by atoms with Crippen LogP contribution < -0.4 is 10.1 Å². The van der Waals surface area contributed by atoms with Crippen LogP contribution in [0.2, 0.25) is 0 Å². The number of methoxy groups -OCH3 is 1. The molecule has 0 spiro atoms. The van der Waals surface area contributed by atoms with Crippen LogP contribution in [-0.2, 0) is 13.0 Å². The lowest BCUT2D eigenvalue weighted by molar-refractivity contribution is -0.670. The number of quaternary nitrogens is 1. The molecule has 0 saturated heterocycles. The fourth-order valence-electron chi connectivity index (χ4n) is 2.73. The molecule has 0 amide bonds. The Morgan fingerprint density at radius 1 is 1.00 bits per heavy atom. The third kappa shape index (κ3) is 3.09. The van der Waals surface area contributed by atoms with Crippen molar-refractivity contribution in [3.05, 3.63) is 65.9 Å². The fraction of sp³-hybridized carbons (Fsp3) is 0.222. The lowest BCUT2D eigenvalue weighted by Gasteiger charge is -2.07. The number of nitrogens with two attached hydrogens (primary N) is 1. The van der Waals surface area contributed by atoms with Crippen molar-refractivity contribution >= 4 is 10.9 Å². The molecule has 0 aliphatic heterocycles. The molecule has 3 nitrogen and oxygen atoms in total. The van der Waals surface area contributed by atoms with Crippen LogP contribution in [-0.4, -0.2) is 18.6 Å². The summed E-state index contributed by atoms with van der Waals surface area (Å²) in [5, 5.41) is 3.67. The van der Waals surface area contributed by atoms with E-state index in [1.807, 2.05) is 12.1 Å². The largest absolute Gasteiger partial charge is 0.496 e. The first kappa shape index (κ1) is 13.7. The fourth-order valence-corrected chi connectivity index (χ4v) is 2.73. The van der Waals surface area contributed by atoms with Crippen LogP contribution in [0.25, 0.3) is 10.9 Å². The second kappa shape index (κ2) is 6.46. The first-order valence-corrected chi connectivity index (χ1v) is 7.37. The van der Waals surface area contributed by atoms with Crippen molar-refractivity contribution in [3.8, 4) is 5.75 Å². The molecule has 0 saturated carbocycles. The Morgan fingerprint density at radius 3 is 2.71 bits per heavy atom. The lowest BCUT2D eigenvalue weighted by Crippen LogP contribution is -2.83. The number of aromatic nitrogens is 1. The van der Waals surface area contributed by atoms with Crippen LogP contribution in [0.5, 0.6) is 5.75 Å². The summed E-state index contributed by atoms with van der Waals surface area (Å²) in [4.78, 5) is 3.33. The van der Waals surface area contributed by atoms with E-state index in [4.69, 9.17) is 4.74 Å². The van der Waals surface area contributed by atoms with Crippen LogP contribution in [0.1, 0.15) is 11.1 Å². The number of ether oxygens (including phenoxy) is 1. The first-order valence-electron chi connectivity index (χ1n) is 7.37. The highest BCUT2D eigenvalue weighted by molar-refractivity contribution is 5.82. The van der Waals surface area contributed by atoms with Crippen molar-refractivity contribution in [2.45, 2.75) is 13.0 Å². The van der Waals surface area contributed by atoms with Crippen molar-refractivity contribution in [2.75, 3.05) is 13.7 Å². The Kier molecular flexibility index (Phi) is 4.22. The second-order valence-corrected chi connectivity index (χ2v) is 5.20. The van der Waals surface area contributed by atoms with Crippen molar-refractivity contribution in [3.63, 3.8) is 0 Å². The zero-order valence-electron chi connectivity index (χ0n) is 12.3. The molecule has 2 aromatic carbocycles. The smallest absolute Gasteiger partial charge is 0.127 e. The summed E-state index contributed by atoms with van der Waals surface area (Å²) in [6.45, 7) is 2.02. The van der Waals surface area contributed by atoms with E-state index in [-0.39, 0.29) is 0 Å². The van der Waals surface area contributed by atoms with Gasteiger partial charge in [-0.05, 0) is 23.8 Å². The van der Waals surface area contributed by atoms with Crippen LogP contribution >= 0.6 is 0 Å². The standard InChI is InChI=1S/C18H20N2O/c1-21-18-9-5-2-6-15(18)12-19-11-10-14-13-20-17-8-4-3-7-16(14)17/h2-9,13,19-20H,10-12H2,1H3/p+1. The number of benzene rings is 2. The van der Waals surface area contributed by atoms with Gasteiger partial charge in [0.15, 0.2) is 0 Å². The van der Waals surface area contributed by atoms with Crippen LogP contribution in [0, 0.1) is 0 Å². The summed E-state index contributed by atoms with van der Waals surface area (Å²) in [7, 11) is 1.73. The minimum Gasteiger partial charge on any atom is -0.496 e. The van der Waals surface area contributed by atoms with Gasteiger partial charge in [-0.15, -0.1) is 0 Å². The highest BCUT2D eigenvalue weighted by atomic mass is 16.5. The first-order chi connectivity index (χ1) is 10.4. The van der Waals surface area contributed by atoms with Gasteiger partial charge in [0.25, 0.3) is 0 Å². The number of H-pyrrole nitrogens is 1. The molecule has 21 heavy (non-hydrogen) atoms. The zero-order valence-corrected chi connectivity index (χ0v) is 12.3.